The molecule has 0 aliphatic carbocycles. The molecule has 1 aromatic heterocycles. The Hall–Kier alpha value is -0.940. The molecule has 0 saturated carbocycles. The number of carbonyl (C=O) groups excluding carboxylic acids is 1. The Labute approximate surface area is 119 Å². The number of hydrogen-bond acceptors (Lipinski definition) is 4. The molecule has 1 unspecified atom stereocenters. The number of amides is 1. The van der Waals surface area contributed by atoms with Gasteiger partial charge in [0.15, 0.2) is 5.01 Å². The van der Waals surface area contributed by atoms with Gasteiger partial charge in [0.05, 0.1) is 5.60 Å². The van der Waals surface area contributed by atoms with Crippen molar-refractivity contribution >= 4 is 17.2 Å². The van der Waals surface area contributed by atoms with Gasteiger partial charge in [0.25, 0.3) is 5.91 Å². The van der Waals surface area contributed by atoms with E-state index in [2.05, 4.69) is 25.8 Å². The van der Waals surface area contributed by atoms with Gasteiger partial charge in [0, 0.05) is 17.7 Å². The molecule has 1 atom stereocenters. The smallest absolute Gasteiger partial charge is 0.277 e. The minimum Gasteiger partial charge on any atom is -0.376 e. The number of carbonyl (C=O) groups is 1. The molecule has 0 saturated heterocycles. The van der Waals surface area contributed by atoms with Gasteiger partial charge in [-0.15, -0.1) is 11.3 Å². The summed E-state index contributed by atoms with van der Waals surface area (Å²) in [5, 5.41) is 0.400. The third kappa shape index (κ3) is 5.28. The highest BCUT2D eigenvalue weighted by atomic mass is 32.1. The van der Waals surface area contributed by atoms with E-state index in [1.807, 2.05) is 6.92 Å². The first kappa shape index (κ1) is 16.1. The summed E-state index contributed by atoms with van der Waals surface area (Å²) in [6.45, 7) is 9.18. The fraction of sp³-hybridized carbons (Fsp3) is 0.714. The zero-order chi connectivity index (χ0) is 14.5. The number of ether oxygens (including phenoxy) is 1. The molecule has 0 aliphatic rings. The van der Waals surface area contributed by atoms with E-state index in [-0.39, 0.29) is 5.60 Å². The van der Waals surface area contributed by atoms with Crippen molar-refractivity contribution in [2.45, 2.75) is 58.5 Å². The molecule has 0 bridgehead atoms. The van der Waals surface area contributed by atoms with E-state index in [1.165, 1.54) is 11.3 Å². The summed E-state index contributed by atoms with van der Waals surface area (Å²) in [6.07, 6.45) is 4.96. The monoisotopic (exact) mass is 284 g/mol. The van der Waals surface area contributed by atoms with Crippen molar-refractivity contribution in [1.29, 1.82) is 0 Å². The number of nitrogens with zero attached hydrogens (tertiary/aromatic N) is 1. The van der Waals surface area contributed by atoms with Crippen molar-refractivity contribution in [1.82, 2.24) is 4.98 Å². The molecule has 1 aromatic rings. The molecule has 1 amide bonds. The van der Waals surface area contributed by atoms with Crippen LogP contribution in [0.25, 0.3) is 0 Å². The van der Waals surface area contributed by atoms with E-state index in [9.17, 15) is 4.79 Å². The first-order valence-corrected chi connectivity index (χ1v) is 7.57. The summed E-state index contributed by atoms with van der Waals surface area (Å²) >= 11 is 1.40. The summed E-state index contributed by atoms with van der Waals surface area (Å²) in [6, 6.07) is 0. The van der Waals surface area contributed by atoms with Crippen molar-refractivity contribution in [3.05, 3.63) is 16.1 Å². The lowest BCUT2D eigenvalue weighted by Crippen LogP contribution is -2.24. The zero-order valence-corrected chi connectivity index (χ0v) is 13.0. The van der Waals surface area contributed by atoms with Gasteiger partial charge in [-0.25, -0.2) is 4.98 Å². The molecule has 0 fully saturated rings. The van der Waals surface area contributed by atoms with Crippen LogP contribution in [-0.2, 0) is 4.74 Å². The van der Waals surface area contributed by atoms with Crippen LogP contribution in [0.15, 0.2) is 6.20 Å². The number of nitrogens with two attached hydrogens (primary N) is 1. The fourth-order valence-electron chi connectivity index (χ4n) is 2.07. The van der Waals surface area contributed by atoms with Crippen molar-refractivity contribution < 1.29 is 9.53 Å². The molecular weight excluding hydrogens is 260 g/mol. The molecule has 4 nitrogen and oxygen atoms in total. The molecular formula is C14H24N2O2S. The average Bonchev–Trinajstić information content (AvgIpc) is 2.77. The molecule has 5 heteroatoms. The Kier molecular flexibility index (Phi) is 5.94. The van der Waals surface area contributed by atoms with Crippen molar-refractivity contribution in [3.8, 4) is 0 Å². The van der Waals surface area contributed by atoms with Crippen molar-refractivity contribution in [2.24, 2.45) is 5.73 Å². The summed E-state index contributed by atoms with van der Waals surface area (Å²) in [4.78, 5) is 16.2. The Bertz CT molecular complexity index is 415. The van der Waals surface area contributed by atoms with Gasteiger partial charge in [-0.2, -0.15) is 0 Å². The topological polar surface area (TPSA) is 65.2 Å². The van der Waals surface area contributed by atoms with Gasteiger partial charge in [0.1, 0.15) is 0 Å². The van der Waals surface area contributed by atoms with Crippen molar-refractivity contribution in [3.63, 3.8) is 0 Å². The first-order valence-electron chi connectivity index (χ1n) is 6.75. The maximum atomic E-state index is 11.0. The normalized spacial score (nSPS) is 13.5. The largest absolute Gasteiger partial charge is 0.376 e. The van der Waals surface area contributed by atoms with E-state index >= 15 is 0 Å². The van der Waals surface area contributed by atoms with Crippen LogP contribution in [0.3, 0.4) is 0 Å². The molecule has 1 heterocycles. The highest BCUT2D eigenvalue weighted by molar-refractivity contribution is 7.13. The number of thiazole rings is 1. The molecule has 0 spiro atoms. The third-order valence-corrected chi connectivity index (χ3v) is 4.41. The number of hydrogen-bond donors (Lipinski definition) is 1. The second-order valence-electron chi connectivity index (χ2n) is 5.42. The van der Waals surface area contributed by atoms with Crippen LogP contribution in [0.1, 0.15) is 67.6 Å². The second-order valence-corrected chi connectivity index (χ2v) is 6.48. The van der Waals surface area contributed by atoms with E-state index in [0.717, 1.165) is 30.7 Å². The maximum Gasteiger partial charge on any atom is 0.277 e. The SMILES string of the molecule is CCOC(C)(C)CCCC(C)c1cnc(C(N)=O)s1. The van der Waals surface area contributed by atoms with Crippen LogP contribution in [0.4, 0.5) is 0 Å². The minimum absolute atomic E-state index is 0.0550. The quantitative estimate of drug-likeness (QED) is 0.796. The fourth-order valence-corrected chi connectivity index (χ4v) is 2.92. The van der Waals surface area contributed by atoms with Crippen LogP contribution < -0.4 is 5.73 Å². The molecule has 19 heavy (non-hydrogen) atoms. The summed E-state index contributed by atoms with van der Waals surface area (Å²) in [5.41, 5.74) is 5.16. The summed E-state index contributed by atoms with van der Waals surface area (Å²) in [7, 11) is 0. The van der Waals surface area contributed by atoms with Crippen LogP contribution >= 0.6 is 11.3 Å². The van der Waals surface area contributed by atoms with Gasteiger partial charge < -0.3 is 10.5 Å². The predicted molar refractivity (Wildman–Crippen MR) is 78.6 cm³/mol. The van der Waals surface area contributed by atoms with Crippen molar-refractivity contribution in [2.75, 3.05) is 6.61 Å². The first-order chi connectivity index (χ1) is 8.85. The Morgan fingerprint density at radius 1 is 1.58 bits per heavy atom. The van der Waals surface area contributed by atoms with Gasteiger partial charge in [-0.3, -0.25) is 4.79 Å². The van der Waals surface area contributed by atoms with Gasteiger partial charge in [-0.1, -0.05) is 6.92 Å². The maximum absolute atomic E-state index is 11.0. The molecule has 108 valence electrons. The van der Waals surface area contributed by atoms with Gasteiger partial charge in [0.2, 0.25) is 0 Å². The molecule has 1 rings (SSSR count). The van der Waals surface area contributed by atoms with Gasteiger partial charge >= 0.3 is 0 Å². The lowest BCUT2D eigenvalue weighted by molar-refractivity contribution is -0.0179. The molecule has 2 N–H and O–H groups in total. The Morgan fingerprint density at radius 2 is 2.26 bits per heavy atom. The van der Waals surface area contributed by atoms with E-state index in [1.54, 1.807) is 6.20 Å². The van der Waals surface area contributed by atoms with Crippen LogP contribution in [0.5, 0.6) is 0 Å². The predicted octanol–water partition coefficient (Wildman–Crippen LogP) is 3.33. The highest BCUT2D eigenvalue weighted by Crippen LogP contribution is 2.28. The molecule has 0 radical (unpaired) electrons. The van der Waals surface area contributed by atoms with E-state index in [4.69, 9.17) is 10.5 Å². The van der Waals surface area contributed by atoms with E-state index in [0.29, 0.717) is 10.9 Å². The average molecular weight is 284 g/mol. The summed E-state index contributed by atoms with van der Waals surface area (Å²) < 4.78 is 5.68. The lowest BCUT2D eigenvalue weighted by Gasteiger charge is -2.25. The Morgan fingerprint density at radius 3 is 2.79 bits per heavy atom. The van der Waals surface area contributed by atoms with Crippen LogP contribution in [0, 0.1) is 0 Å². The standard InChI is InChI=1S/C14H24N2O2S/c1-5-18-14(3,4)8-6-7-10(2)11-9-16-13(19-11)12(15)17/h9-10H,5-8H2,1-4H3,(H2,15,17). The molecule has 0 aliphatic heterocycles. The number of primary amides is 1. The van der Waals surface area contributed by atoms with E-state index < -0.39 is 5.91 Å². The minimum atomic E-state index is -0.444. The third-order valence-electron chi connectivity index (χ3n) is 3.17. The molecule has 0 aromatic carbocycles. The zero-order valence-electron chi connectivity index (χ0n) is 12.2. The number of aromatic nitrogens is 1. The second kappa shape index (κ2) is 7.01. The summed E-state index contributed by atoms with van der Waals surface area (Å²) in [5.74, 6) is -0.0380. The Balaban J connectivity index is 2.42. The highest BCUT2D eigenvalue weighted by Gasteiger charge is 2.18. The van der Waals surface area contributed by atoms with Crippen LogP contribution in [0.2, 0.25) is 0 Å². The lowest BCUT2D eigenvalue weighted by atomic mass is 9.96. The van der Waals surface area contributed by atoms with Crippen LogP contribution in [-0.4, -0.2) is 23.1 Å². The van der Waals surface area contributed by atoms with Gasteiger partial charge in [-0.05, 0) is 46.0 Å². The number of rotatable bonds is 8.